The quantitative estimate of drug-likeness (QED) is 0.892. The second-order valence-corrected chi connectivity index (χ2v) is 6.92. The average Bonchev–Trinajstić information content (AvgIpc) is 3.00. The zero-order chi connectivity index (χ0) is 13.4. The fourth-order valence-corrected chi connectivity index (χ4v) is 4.38. The topological polar surface area (TPSA) is 21.3 Å². The molecule has 19 heavy (non-hydrogen) atoms. The van der Waals surface area contributed by atoms with Crippen molar-refractivity contribution >= 4 is 15.9 Å². The lowest BCUT2D eigenvalue weighted by Gasteiger charge is -2.27. The average molecular weight is 324 g/mol. The Morgan fingerprint density at radius 3 is 2.74 bits per heavy atom. The third-order valence-corrected chi connectivity index (χ3v) is 5.50. The van der Waals surface area contributed by atoms with Crippen LogP contribution in [-0.2, 0) is 0 Å². The number of benzene rings is 1. The fourth-order valence-electron chi connectivity index (χ4n) is 3.82. The number of halogens is 1. The van der Waals surface area contributed by atoms with Gasteiger partial charge in [0.15, 0.2) is 0 Å². The van der Waals surface area contributed by atoms with Crippen molar-refractivity contribution in [3.05, 3.63) is 28.2 Å². The molecule has 4 atom stereocenters. The lowest BCUT2D eigenvalue weighted by atomic mass is 9.94. The molecule has 2 fully saturated rings. The van der Waals surface area contributed by atoms with Crippen molar-refractivity contribution in [1.82, 2.24) is 5.32 Å². The third-order valence-electron chi connectivity index (χ3n) is 4.88. The number of hydrogen-bond acceptors (Lipinski definition) is 2. The van der Waals surface area contributed by atoms with E-state index in [9.17, 15) is 0 Å². The first-order valence-electron chi connectivity index (χ1n) is 7.27. The van der Waals surface area contributed by atoms with Gasteiger partial charge < -0.3 is 10.1 Å². The molecule has 0 amide bonds. The molecule has 1 aromatic rings. The summed E-state index contributed by atoms with van der Waals surface area (Å²) in [5, 5.41) is 3.83. The summed E-state index contributed by atoms with van der Waals surface area (Å²) >= 11 is 3.57. The standard InChI is InChI=1S/C16H22BrNO/c1-10(12-5-6-16(19-2)14(17)9-12)18-15-8-11-3-4-13(15)7-11/h5-6,9-11,13,15,18H,3-4,7-8H2,1-2H3. The molecule has 0 heterocycles. The van der Waals surface area contributed by atoms with Crippen LogP contribution in [0.4, 0.5) is 0 Å². The second kappa shape index (κ2) is 5.45. The summed E-state index contributed by atoms with van der Waals surface area (Å²) in [5.74, 6) is 2.82. The van der Waals surface area contributed by atoms with E-state index in [4.69, 9.17) is 4.74 Å². The van der Waals surface area contributed by atoms with Crippen LogP contribution in [0.1, 0.15) is 44.2 Å². The minimum atomic E-state index is 0.409. The van der Waals surface area contributed by atoms with Gasteiger partial charge in [-0.05, 0) is 71.6 Å². The maximum atomic E-state index is 5.29. The zero-order valence-electron chi connectivity index (χ0n) is 11.7. The minimum Gasteiger partial charge on any atom is -0.496 e. The highest BCUT2D eigenvalue weighted by atomic mass is 79.9. The van der Waals surface area contributed by atoms with Crippen LogP contribution in [0.25, 0.3) is 0 Å². The van der Waals surface area contributed by atoms with E-state index in [1.165, 1.54) is 31.2 Å². The van der Waals surface area contributed by atoms with Gasteiger partial charge >= 0.3 is 0 Å². The Kier molecular flexibility index (Phi) is 3.86. The van der Waals surface area contributed by atoms with E-state index in [1.807, 2.05) is 6.07 Å². The van der Waals surface area contributed by atoms with E-state index in [-0.39, 0.29) is 0 Å². The molecule has 1 N–H and O–H groups in total. The Morgan fingerprint density at radius 2 is 2.16 bits per heavy atom. The molecule has 3 heteroatoms. The molecule has 2 bridgehead atoms. The van der Waals surface area contributed by atoms with Crippen molar-refractivity contribution in [2.45, 2.75) is 44.7 Å². The van der Waals surface area contributed by atoms with Gasteiger partial charge in [0.2, 0.25) is 0 Å². The highest BCUT2D eigenvalue weighted by molar-refractivity contribution is 9.10. The zero-order valence-corrected chi connectivity index (χ0v) is 13.2. The molecule has 2 aliphatic rings. The van der Waals surface area contributed by atoms with Crippen molar-refractivity contribution in [2.75, 3.05) is 7.11 Å². The number of hydrogen-bond donors (Lipinski definition) is 1. The van der Waals surface area contributed by atoms with Crippen LogP contribution < -0.4 is 10.1 Å². The molecule has 1 aromatic carbocycles. The molecule has 2 nitrogen and oxygen atoms in total. The summed E-state index contributed by atoms with van der Waals surface area (Å²) < 4.78 is 6.32. The van der Waals surface area contributed by atoms with Crippen molar-refractivity contribution in [2.24, 2.45) is 11.8 Å². The summed E-state index contributed by atoms with van der Waals surface area (Å²) in [4.78, 5) is 0. The smallest absolute Gasteiger partial charge is 0.133 e. The van der Waals surface area contributed by atoms with Crippen molar-refractivity contribution < 1.29 is 4.74 Å². The maximum absolute atomic E-state index is 5.29. The number of ether oxygens (including phenoxy) is 1. The van der Waals surface area contributed by atoms with Gasteiger partial charge in [0, 0.05) is 12.1 Å². The van der Waals surface area contributed by atoms with Crippen molar-refractivity contribution in [3.63, 3.8) is 0 Å². The van der Waals surface area contributed by atoms with E-state index >= 15 is 0 Å². The van der Waals surface area contributed by atoms with Gasteiger partial charge in [-0.1, -0.05) is 12.5 Å². The summed E-state index contributed by atoms with van der Waals surface area (Å²) in [6.45, 7) is 2.26. The van der Waals surface area contributed by atoms with E-state index < -0.39 is 0 Å². The van der Waals surface area contributed by atoms with Gasteiger partial charge in [-0.15, -0.1) is 0 Å². The molecular formula is C16H22BrNO. The molecule has 2 aliphatic carbocycles. The van der Waals surface area contributed by atoms with Crippen LogP contribution in [0.3, 0.4) is 0 Å². The van der Waals surface area contributed by atoms with Crippen LogP contribution in [0, 0.1) is 11.8 Å². The number of fused-ring (bicyclic) bond motifs is 2. The Hall–Kier alpha value is -0.540. The molecule has 0 aliphatic heterocycles. The summed E-state index contributed by atoms with van der Waals surface area (Å²) in [6, 6.07) is 7.51. The summed E-state index contributed by atoms with van der Waals surface area (Å²) in [7, 11) is 1.71. The van der Waals surface area contributed by atoms with Gasteiger partial charge in [-0.2, -0.15) is 0 Å². The molecular weight excluding hydrogens is 302 g/mol. The van der Waals surface area contributed by atoms with E-state index in [0.717, 1.165) is 28.1 Å². The third kappa shape index (κ3) is 2.68. The highest BCUT2D eigenvalue weighted by Crippen LogP contribution is 2.45. The summed E-state index contributed by atoms with van der Waals surface area (Å²) in [5.41, 5.74) is 1.33. The van der Waals surface area contributed by atoms with Crippen molar-refractivity contribution in [1.29, 1.82) is 0 Å². The van der Waals surface area contributed by atoms with E-state index in [0.29, 0.717) is 6.04 Å². The first-order chi connectivity index (χ1) is 9.17. The fraction of sp³-hybridized carbons (Fsp3) is 0.625. The van der Waals surface area contributed by atoms with E-state index in [1.54, 1.807) is 7.11 Å². The molecule has 104 valence electrons. The van der Waals surface area contributed by atoms with E-state index in [2.05, 4.69) is 40.3 Å². The predicted molar refractivity (Wildman–Crippen MR) is 81.5 cm³/mol. The van der Waals surface area contributed by atoms with Crippen LogP contribution in [-0.4, -0.2) is 13.2 Å². The normalized spacial score (nSPS) is 30.6. The molecule has 0 saturated heterocycles. The van der Waals surface area contributed by atoms with Gasteiger partial charge in [-0.25, -0.2) is 0 Å². The molecule has 3 rings (SSSR count). The predicted octanol–water partition coefficient (Wildman–Crippen LogP) is 4.30. The lowest BCUT2D eigenvalue weighted by Crippen LogP contribution is -2.35. The summed E-state index contributed by atoms with van der Waals surface area (Å²) in [6.07, 6.45) is 5.73. The van der Waals surface area contributed by atoms with Crippen LogP contribution in [0.15, 0.2) is 22.7 Å². The highest BCUT2D eigenvalue weighted by Gasteiger charge is 2.39. The van der Waals surface area contributed by atoms with Crippen LogP contribution >= 0.6 is 15.9 Å². The van der Waals surface area contributed by atoms with Crippen LogP contribution in [0.2, 0.25) is 0 Å². The first kappa shape index (κ1) is 13.4. The first-order valence-corrected chi connectivity index (χ1v) is 8.06. The SMILES string of the molecule is COc1ccc(C(C)NC2CC3CCC2C3)cc1Br. The monoisotopic (exact) mass is 323 g/mol. The second-order valence-electron chi connectivity index (χ2n) is 6.06. The molecule has 0 radical (unpaired) electrons. The molecule has 0 aromatic heterocycles. The van der Waals surface area contributed by atoms with Gasteiger partial charge in [-0.3, -0.25) is 0 Å². The van der Waals surface area contributed by atoms with Crippen molar-refractivity contribution in [3.8, 4) is 5.75 Å². The Morgan fingerprint density at radius 1 is 1.32 bits per heavy atom. The van der Waals surface area contributed by atoms with Gasteiger partial charge in [0.05, 0.1) is 11.6 Å². The van der Waals surface area contributed by atoms with Gasteiger partial charge in [0.25, 0.3) is 0 Å². The molecule has 2 saturated carbocycles. The minimum absolute atomic E-state index is 0.409. The van der Waals surface area contributed by atoms with Crippen LogP contribution in [0.5, 0.6) is 5.75 Å². The number of rotatable bonds is 4. The Labute approximate surface area is 124 Å². The Bertz CT molecular complexity index is 462. The number of nitrogens with one attached hydrogen (secondary N) is 1. The Balaban J connectivity index is 1.67. The lowest BCUT2D eigenvalue weighted by molar-refractivity contribution is 0.327. The number of methoxy groups -OCH3 is 1. The maximum Gasteiger partial charge on any atom is 0.133 e. The molecule has 4 unspecified atom stereocenters. The molecule has 0 spiro atoms. The largest absolute Gasteiger partial charge is 0.496 e. The van der Waals surface area contributed by atoms with Gasteiger partial charge in [0.1, 0.15) is 5.75 Å².